The Labute approximate surface area is 116 Å². The third-order valence-corrected chi connectivity index (χ3v) is 3.54. The molecule has 0 spiro atoms. The summed E-state index contributed by atoms with van der Waals surface area (Å²) in [5.41, 5.74) is 0. The van der Waals surface area contributed by atoms with E-state index in [-0.39, 0.29) is 0 Å². The van der Waals surface area contributed by atoms with E-state index >= 15 is 0 Å². The second-order valence-corrected chi connectivity index (χ2v) is 5.58. The zero-order chi connectivity index (χ0) is 13.5. The summed E-state index contributed by atoms with van der Waals surface area (Å²) >= 11 is 0. The van der Waals surface area contributed by atoms with E-state index < -0.39 is 0 Å². The molecule has 1 unspecified atom stereocenters. The highest BCUT2D eigenvalue weighted by Crippen LogP contribution is 2.14. The molecule has 0 saturated heterocycles. The van der Waals surface area contributed by atoms with Crippen molar-refractivity contribution in [1.82, 2.24) is 0 Å². The molecule has 0 aromatic carbocycles. The van der Waals surface area contributed by atoms with Crippen LogP contribution in [0.4, 0.5) is 0 Å². The highest BCUT2D eigenvalue weighted by Gasteiger charge is 1.98. The molecule has 0 heterocycles. The first-order valence-electron chi connectivity index (χ1n) is 8.07. The van der Waals surface area contributed by atoms with Crippen LogP contribution in [0.15, 0.2) is 24.8 Å². The predicted molar refractivity (Wildman–Crippen MR) is 85.0 cm³/mol. The fraction of sp³-hybridized carbons (Fsp3) is 0.778. The second kappa shape index (κ2) is 14.5. The zero-order valence-corrected chi connectivity index (χ0v) is 12.8. The third-order valence-electron chi connectivity index (χ3n) is 3.54. The lowest BCUT2D eigenvalue weighted by atomic mass is 9.99. The summed E-state index contributed by atoms with van der Waals surface area (Å²) in [5.74, 6) is 0.924. The monoisotopic (exact) mass is 250 g/mol. The Hall–Kier alpha value is -0.520. The van der Waals surface area contributed by atoms with E-state index in [1.54, 1.807) is 0 Å². The Balaban J connectivity index is 3.16. The van der Waals surface area contributed by atoms with Gasteiger partial charge in [0.15, 0.2) is 0 Å². The predicted octanol–water partition coefficient (Wildman–Crippen LogP) is 6.68. The summed E-state index contributed by atoms with van der Waals surface area (Å²) in [5, 5.41) is 0. The van der Waals surface area contributed by atoms with Gasteiger partial charge in [-0.3, -0.25) is 0 Å². The topological polar surface area (TPSA) is 0 Å². The minimum atomic E-state index is 0.924. The number of rotatable bonds is 13. The molecule has 0 aliphatic rings. The standard InChI is InChI=1S/C18H34/c1-4-6-7-8-9-10-11-12-13-14-15-17-18(3)16-5-2/h4,12-13,18H,1,5-11,14-17H2,2-3H3. The molecule has 0 saturated carbocycles. The lowest BCUT2D eigenvalue weighted by Crippen LogP contribution is -1.92. The van der Waals surface area contributed by atoms with Gasteiger partial charge in [-0.05, 0) is 44.4 Å². The van der Waals surface area contributed by atoms with Crippen LogP contribution < -0.4 is 0 Å². The highest BCUT2D eigenvalue weighted by atomic mass is 14.0. The molecule has 0 amide bonds. The van der Waals surface area contributed by atoms with Crippen LogP contribution in [-0.4, -0.2) is 0 Å². The van der Waals surface area contributed by atoms with Crippen LogP contribution in [0, 0.1) is 5.92 Å². The second-order valence-electron chi connectivity index (χ2n) is 5.58. The fourth-order valence-electron chi connectivity index (χ4n) is 2.36. The Morgan fingerprint density at radius 3 is 2.06 bits per heavy atom. The van der Waals surface area contributed by atoms with Gasteiger partial charge in [0.05, 0.1) is 0 Å². The van der Waals surface area contributed by atoms with Crippen molar-refractivity contribution in [2.45, 2.75) is 84.5 Å². The average molecular weight is 250 g/mol. The van der Waals surface area contributed by atoms with Gasteiger partial charge >= 0.3 is 0 Å². The Kier molecular flexibility index (Phi) is 14.1. The fourth-order valence-corrected chi connectivity index (χ4v) is 2.36. The van der Waals surface area contributed by atoms with Crippen LogP contribution in [0.1, 0.15) is 84.5 Å². The summed E-state index contributed by atoms with van der Waals surface area (Å²) in [6.07, 6.45) is 21.5. The summed E-state index contributed by atoms with van der Waals surface area (Å²) in [7, 11) is 0. The van der Waals surface area contributed by atoms with Crippen LogP contribution in [0.5, 0.6) is 0 Å². The molecular weight excluding hydrogens is 216 g/mol. The molecule has 0 N–H and O–H groups in total. The van der Waals surface area contributed by atoms with Crippen LogP contribution >= 0.6 is 0 Å². The molecule has 0 nitrogen and oxygen atoms in total. The van der Waals surface area contributed by atoms with E-state index in [0.29, 0.717) is 0 Å². The first-order chi connectivity index (χ1) is 8.81. The molecule has 1 atom stereocenters. The number of allylic oxidation sites excluding steroid dienone is 3. The van der Waals surface area contributed by atoms with E-state index in [1.807, 2.05) is 6.08 Å². The molecule has 18 heavy (non-hydrogen) atoms. The van der Waals surface area contributed by atoms with Gasteiger partial charge in [-0.25, -0.2) is 0 Å². The molecule has 0 bridgehead atoms. The molecule has 0 aromatic heterocycles. The van der Waals surface area contributed by atoms with E-state index in [0.717, 1.165) is 5.92 Å². The normalized spacial score (nSPS) is 13.0. The minimum Gasteiger partial charge on any atom is -0.103 e. The molecule has 0 fully saturated rings. The maximum absolute atomic E-state index is 3.75. The van der Waals surface area contributed by atoms with Gasteiger partial charge in [0.2, 0.25) is 0 Å². The summed E-state index contributed by atoms with van der Waals surface area (Å²) < 4.78 is 0. The van der Waals surface area contributed by atoms with E-state index in [2.05, 4.69) is 32.6 Å². The van der Waals surface area contributed by atoms with Gasteiger partial charge in [0, 0.05) is 0 Å². The quantitative estimate of drug-likeness (QED) is 0.253. The third kappa shape index (κ3) is 13.5. The van der Waals surface area contributed by atoms with E-state index in [1.165, 1.54) is 70.6 Å². The maximum atomic E-state index is 3.75. The van der Waals surface area contributed by atoms with Crippen molar-refractivity contribution in [2.75, 3.05) is 0 Å². The van der Waals surface area contributed by atoms with Crippen molar-refractivity contribution in [3.8, 4) is 0 Å². The van der Waals surface area contributed by atoms with E-state index in [9.17, 15) is 0 Å². The van der Waals surface area contributed by atoms with Crippen molar-refractivity contribution >= 4 is 0 Å². The molecule has 0 aliphatic heterocycles. The van der Waals surface area contributed by atoms with Gasteiger partial charge in [-0.2, -0.15) is 0 Å². The molecule has 106 valence electrons. The van der Waals surface area contributed by atoms with Gasteiger partial charge in [-0.1, -0.05) is 64.2 Å². The summed E-state index contributed by atoms with van der Waals surface area (Å²) in [4.78, 5) is 0. The Bertz CT molecular complexity index is 190. The van der Waals surface area contributed by atoms with Crippen molar-refractivity contribution in [1.29, 1.82) is 0 Å². The van der Waals surface area contributed by atoms with Gasteiger partial charge in [0.25, 0.3) is 0 Å². The Morgan fingerprint density at radius 1 is 0.833 bits per heavy atom. The molecule has 0 aliphatic carbocycles. The molecule has 0 heteroatoms. The molecule has 0 aromatic rings. The maximum Gasteiger partial charge on any atom is -0.0351 e. The smallest absolute Gasteiger partial charge is 0.0351 e. The van der Waals surface area contributed by atoms with Crippen molar-refractivity contribution in [3.63, 3.8) is 0 Å². The van der Waals surface area contributed by atoms with Crippen LogP contribution in [0.25, 0.3) is 0 Å². The highest BCUT2D eigenvalue weighted by molar-refractivity contribution is 4.81. The number of hydrogen-bond acceptors (Lipinski definition) is 0. The summed E-state index contributed by atoms with van der Waals surface area (Å²) in [6.45, 7) is 8.42. The van der Waals surface area contributed by atoms with Gasteiger partial charge in [0.1, 0.15) is 0 Å². The lowest BCUT2D eigenvalue weighted by Gasteiger charge is -2.07. The zero-order valence-electron chi connectivity index (χ0n) is 12.8. The van der Waals surface area contributed by atoms with Crippen molar-refractivity contribution < 1.29 is 0 Å². The summed E-state index contributed by atoms with van der Waals surface area (Å²) in [6, 6.07) is 0. The van der Waals surface area contributed by atoms with Gasteiger partial charge in [-0.15, -0.1) is 6.58 Å². The lowest BCUT2D eigenvalue weighted by molar-refractivity contribution is 0.471. The average Bonchev–Trinajstić information content (AvgIpc) is 2.36. The first kappa shape index (κ1) is 17.5. The Morgan fingerprint density at radius 2 is 1.44 bits per heavy atom. The number of unbranched alkanes of at least 4 members (excludes halogenated alkanes) is 6. The molecule has 0 radical (unpaired) electrons. The van der Waals surface area contributed by atoms with Crippen molar-refractivity contribution in [3.05, 3.63) is 24.8 Å². The first-order valence-corrected chi connectivity index (χ1v) is 8.07. The minimum absolute atomic E-state index is 0.924. The van der Waals surface area contributed by atoms with Crippen LogP contribution in [0.2, 0.25) is 0 Å². The van der Waals surface area contributed by atoms with Gasteiger partial charge < -0.3 is 0 Å². The van der Waals surface area contributed by atoms with Crippen molar-refractivity contribution in [2.24, 2.45) is 5.92 Å². The largest absolute Gasteiger partial charge is 0.103 e. The number of hydrogen-bond donors (Lipinski definition) is 0. The SMILES string of the molecule is C=CCCCCCCC=CCCCC(C)CCC. The van der Waals surface area contributed by atoms with Crippen LogP contribution in [0.3, 0.4) is 0 Å². The van der Waals surface area contributed by atoms with Crippen LogP contribution in [-0.2, 0) is 0 Å². The molecule has 0 rings (SSSR count). The van der Waals surface area contributed by atoms with E-state index in [4.69, 9.17) is 0 Å². The molecular formula is C18H34.